The molecular weight excluding hydrogens is 308 g/mol. The number of alkyl halides is 2. The molecule has 0 aliphatic heterocycles. The Morgan fingerprint density at radius 1 is 1.30 bits per heavy atom. The summed E-state index contributed by atoms with van der Waals surface area (Å²) in [6.45, 7) is -0.192. The Kier molecular flexibility index (Phi) is 5.52. The molecule has 1 aromatic carbocycles. The summed E-state index contributed by atoms with van der Waals surface area (Å²) in [7, 11) is 0. The Morgan fingerprint density at radius 3 is 2.65 bits per heavy atom. The summed E-state index contributed by atoms with van der Waals surface area (Å²) >= 11 is 0. The van der Waals surface area contributed by atoms with Crippen molar-refractivity contribution >= 4 is 11.9 Å². The first-order chi connectivity index (χ1) is 10.9. The zero-order valence-electron chi connectivity index (χ0n) is 12.6. The van der Waals surface area contributed by atoms with Crippen LogP contribution in [0, 0.1) is 5.92 Å². The lowest BCUT2D eigenvalue weighted by Crippen LogP contribution is -2.35. The second-order valence-electron chi connectivity index (χ2n) is 5.68. The third-order valence-electron chi connectivity index (χ3n) is 3.82. The molecule has 2 rings (SSSR count). The average Bonchev–Trinajstić information content (AvgIpc) is 2.51. The molecule has 1 aliphatic rings. The molecule has 0 aromatic heterocycles. The SMILES string of the molecule is O=C(O)COc1cccc(CNC(=O)C2CCC(F)(F)CC2)c1. The molecule has 0 unspecified atom stereocenters. The van der Waals surface area contributed by atoms with Crippen LogP contribution in [0.2, 0.25) is 0 Å². The highest BCUT2D eigenvalue weighted by Crippen LogP contribution is 2.36. The van der Waals surface area contributed by atoms with E-state index in [0.717, 1.165) is 5.56 Å². The monoisotopic (exact) mass is 327 g/mol. The molecular formula is C16H19F2NO4. The first-order valence-electron chi connectivity index (χ1n) is 7.45. The van der Waals surface area contributed by atoms with Crippen molar-refractivity contribution in [2.24, 2.45) is 5.92 Å². The van der Waals surface area contributed by atoms with Gasteiger partial charge in [0, 0.05) is 25.3 Å². The molecule has 0 bridgehead atoms. The molecule has 1 fully saturated rings. The van der Waals surface area contributed by atoms with E-state index >= 15 is 0 Å². The van der Waals surface area contributed by atoms with Gasteiger partial charge in [-0.1, -0.05) is 12.1 Å². The lowest BCUT2D eigenvalue weighted by molar-refractivity contribution is -0.139. The number of carboxylic acids is 1. The van der Waals surface area contributed by atoms with Gasteiger partial charge in [-0.05, 0) is 30.5 Å². The number of carboxylic acid groups (broad SMARTS) is 1. The number of carbonyl (C=O) groups excluding carboxylic acids is 1. The van der Waals surface area contributed by atoms with Gasteiger partial charge in [0.15, 0.2) is 6.61 Å². The fourth-order valence-electron chi connectivity index (χ4n) is 2.53. The van der Waals surface area contributed by atoms with Gasteiger partial charge in [0.05, 0.1) is 0 Å². The van der Waals surface area contributed by atoms with E-state index in [1.54, 1.807) is 24.3 Å². The maximum atomic E-state index is 13.1. The third kappa shape index (κ3) is 5.50. The third-order valence-corrected chi connectivity index (χ3v) is 3.82. The molecule has 1 amide bonds. The molecule has 1 aromatic rings. The number of hydrogen-bond acceptors (Lipinski definition) is 3. The highest BCUT2D eigenvalue weighted by molar-refractivity contribution is 5.78. The Labute approximate surface area is 132 Å². The van der Waals surface area contributed by atoms with Gasteiger partial charge in [-0.15, -0.1) is 0 Å². The minimum absolute atomic E-state index is 0.195. The highest BCUT2D eigenvalue weighted by atomic mass is 19.3. The molecule has 0 radical (unpaired) electrons. The van der Waals surface area contributed by atoms with E-state index in [4.69, 9.17) is 9.84 Å². The zero-order chi connectivity index (χ0) is 16.9. The normalized spacial score (nSPS) is 17.5. The summed E-state index contributed by atoms with van der Waals surface area (Å²) < 4.78 is 31.2. The quantitative estimate of drug-likeness (QED) is 0.842. The van der Waals surface area contributed by atoms with Crippen molar-refractivity contribution in [3.05, 3.63) is 29.8 Å². The number of carbonyl (C=O) groups is 2. The smallest absolute Gasteiger partial charge is 0.341 e. The predicted octanol–water partition coefficient (Wildman–Crippen LogP) is 2.59. The van der Waals surface area contributed by atoms with E-state index in [9.17, 15) is 18.4 Å². The molecule has 23 heavy (non-hydrogen) atoms. The van der Waals surface area contributed by atoms with E-state index in [1.807, 2.05) is 0 Å². The number of amides is 1. The van der Waals surface area contributed by atoms with Gasteiger partial charge < -0.3 is 15.2 Å². The summed E-state index contributed by atoms with van der Waals surface area (Å²) in [5.74, 6) is -3.92. The van der Waals surface area contributed by atoms with Gasteiger partial charge in [-0.3, -0.25) is 4.79 Å². The molecule has 0 heterocycles. The van der Waals surface area contributed by atoms with Crippen molar-refractivity contribution in [3.8, 4) is 5.75 Å². The van der Waals surface area contributed by atoms with Crippen molar-refractivity contribution < 1.29 is 28.2 Å². The fraction of sp³-hybridized carbons (Fsp3) is 0.500. The van der Waals surface area contributed by atoms with E-state index in [-0.39, 0.29) is 44.1 Å². The van der Waals surface area contributed by atoms with Crippen molar-refractivity contribution in [2.45, 2.75) is 38.2 Å². The van der Waals surface area contributed by atoms with Crippen LogP contribution >= 0.6 is 0 Å². The topological polar surface area (TPSA) is 75.6 Å². The van der Waals surface area contributed by atoms with Crippen LogP contribution < -0.4 is 10.1 Å². The minimum Gasteiger partial charge on any atom is -0.482 e. The maximum absolute atomic E-state index is 13.1. The molecule has 7 heteroatoms. The van der Waals surface area contributed by atoms with E-state index in [1.165, 1.54) is 0 Å². The lowest BCUT2D eigenvalue weighted by Gasteiger charge is -2.27. The molecule has 0 spiro atoms. The summed E-state index contributed by atoms with van der Waals surface area (Å²) in [6.07, 6.45) is -0.103. The predicted molar refractivity (Wildman–Crippen MR) is 78.3 cm³/mol. The van der Waals surface area contributed by atoms with Gasteiger partial charge in [-0.25, -0.2) is 13.6 Å². The Hall–Kier alpha value is -2.18. The zero-order valence-corrected chi connectivity index (χ0v) is 12.6. The molecule has 126 valence electrons. The van der Waals surface area contributed by atoms with Crippen LogP contribution in [-0.2, 0) is 16.1 Å². The molecule has 5 nitrogen and oxygen atoms in total. The van der Waals surface area contributed by atoms with Gasteiger partial charge in [0.25, 0.3) is 0 Å². The number of halogens is 2. The second kappa shape index (κ2) is 7.39. The highest BCUT2D eigenvalue weighted by Gasteiger charge is 2.37. The van der Waals surface area contributed by atoms with Crippen LogP contribution in [0.1, 0.15) is 31.2 Å². The summed E-state index contributed by atoms with van der Waals surface area (Å²) in [5.41, 5.74) is 0.752. The number of aliphatic carboxylic acids is 1. The Morgan fingerprint density at radius 2 is 2.00 bits per heavy atom. The van der Waals surface area contributed by atoms with E-state index in [0.29, 0.717) is 5.75 Å². The van der Waals surface area contributed by atoms with Crippen molar-refractivity contribution in [1.29, 1.82) is 0 Å². The first-order valence-corrected chi connectivity index (χ1v) is 7.45. The fourth-order valence-corrected chi connectivity index (χ4v) is 2.53. The van der Waals surface area contributed by atoms with Crippen LogP contribution in [0.3, 0.4) is 0 Å². The van der Waals surface area contributed by atoms with E-state index < -0.39 is 18.5 Å². The molecule has 0 saturated heterocycles. The summed E-state index contributed by atoms with van der Waals surface area (Å²) in [5, 5.41) is 11.3. The van der Waals surface area contributed by atoms with Crippen LogP contribution in [0.25, 0.3) is 0 Å². The molecule has 1 saturated carbocycles. The van der Waals surface area contributed by atoms with Gasteiger partial charge in [0.1, 0.15) is 5.75 Å². The maximum Gasteiger partial charge on any atom is 0.341 e. The number of nitrogens with one attached hydrogen (secondary N) is 1. The lowest BCUT2D eigenvalue weighted by atomic mass is 9.86. The van der Waals surface area contributed by atoms with Crippen LogP contribution in [0.15, 0.2) is 24.3 Å². The number of benzene rings is 1. The Balaban J connectivity index is 1.82. The molecule has 2 N–H and O–H groups in total. The number of ether oxygens (including phenoxy) is 1. The summed E-state index contributed by atoms with van der Waals surface area (Å²) in [6, 6.07) is 6.72. The minimum atomic E-state index is -2.65. The van der Waals surface area contributed by atoms with E-state index in [2.05, 4.69) is 5.32 Å². The molecule has 0 atom stereocenters. The standard InChI is InChI=1S/C16H19F2NO4/c17-16(18)6-4-12(5-7-16)15(22)19-9-11-2-1-3-13(8-11)23-10-14(20)21/h1-3,8,12H,4-7,9-10H2,(H,19,22)(H,20,21). The van der Waals surface area contributed by atoms with Crippen LogP contribution in [0.5, 0.6) is 5.75 Å². The second-order valence-corrected chi connectivity index (χ2v) is 5.68. The number of rotatable bonds is 6. The largest absolute Gasteiger partial charge is 0.482 e. The van der Waals surface area contributed by atoms with Crippen molar-refractivity contribution in [3.63, 3.8) is 0 Å². The van der Waals surface area contributed by atoms with Crippen molar-refractivity contribution in [1.82, 2.24) is 5.32 Å². The Bertz CT molecular complexity index is 567. The van der Waals surface area contributed by atoms with Gasteiger partial charge >= 0.3 is 5.97 Å². The average molecular weight is 327 g/mol. The number of hydrogen-bond donors (Lipinski definition) is 2. The van der Waals surface area contributed by atoms with Gasteiger partial charge in [-0.2, -0.15) is 0 Å². The first kappa shape index (κ1) is 17.2. The van der Waals surface area contributed by atoms with Gasteiger partial charge in [0.2, 0.25) is 11.8 Å². The summed E-state index contributed by atoms with van der Waals surface area (Å²) in [4.78, 5) is 22.5. The van der Waals surface area contributed by atoms with Crippen LogP contribution in [0.4, 0.5) is 8.78 Å². The molecule has 1 aliphatic carbocycles. The van der Waals surface area contributed by atoms with Crippen LogP contribution in [-0.4, -0.2) is 29.5 Å². The van der Waals surface area contributed by atoms with Crippen molar-refractivity contribution in [2.75, 3.05) is 6.61 Å².